The largest absolute Gasteiger partial charge is 0.504 e. The third-order valence-electron chi connectivity index (χ3n) is 10.4. The van der Waals surface area contributed by atoms with Gasteiger partial charge in [0.1, 0.15) is 11.2 Å². The normalized spacial score (nSPS) is 20.3. The summed E-state index contributed by atoms with van der Waals surface area (Å²) in [5.41, 5.74) is 2.07. The highest BCUT2D eigenvalue weighted by atomic mass is 16.6. The lowest BCUT2D eigenvalue weighted by molar-refractivity contribution is -0.0326. The van der Waals surface area contributed by atoms with Crippen LogP contribution in [0.3, 0.4) is 0 Å². The number of amides is 2. The van der Waals surface area contributed by atoms with Crippen LogP contribution >= 0.6 is 0 Å². The average molecular weight is 766 g/mol. The van der Waals surface area contributed by atoms with E-state index in [1.165, 1.54) is 0 Å². The number of ether oxygens (including phenoxy) is 2. The van der Waals surface area contributed by atoms with Gasteiger partial charge in [-0.1, -0.05) is 57.4 Å². The van der Waals surface area contributed by atoms with Gasteiger partial charge in [-0.25, -0.2) is 9.59 Å². The number of hydrogen-bond acceptors (Lipinski definition) is 9. The van der Waals surface area contributed by atoms with Gasteiger partial charge in [-0.15, -0.1) is 0 Å². The number of aryl methyl sites for hydroxylation is 1. The zero-order chi connectivity index (χ0) is 41.4. The van der Waals surface area contributed by atoms with Crippen LogP contribution in [0.2, 0.25) is 0 Å². The molecule has 3 unspecified atom stereocenters. The predicted octanol–water partition coefficient (Wildman–Crippen LogP) is 8.32. The van der Waals surface area contributed by atoms with Crippen LogP contribution in [0, 0.1) is 12.3 Å². The molecule has 6 N–H and O–H groups in total. The Morgan fingerprint density at radius 2 is 1.62 bits per heavy atom. The number of aromatic amines is 1. The van der Waals surface area contributed by atoms with Gasteiger partial charge in [-0.05, 0) is 104 Å². The van der Waals surface area contributed by atoms with Gasteiger partial charge in [0.25, 0.3) is 0 Å². The fourth-order valence-corrected chi connectivity index (χ4v) is 7.85. The standard InChI is InChI=1S/C35H49N3O5.C6H12N2O2.C2H6/c1-23-25-14-10-11-15-26(25)36-27(23)21-35-22-38(19-13-9-7-8-12-18-37(6)32(41)43-33(2,3)4)29(34(35,5)42)20-24-16-17-28(39)31(40)30(24)35;1-6(2,3)10-5(9)8-4-7;1-2/h10-11,14-17,29,36,39-40,42H,7-9,12-13,18-22H2,1-6H3;4H,1-3H3,(H2,7,8,9);1-2H3. The predicted molar refractivity (Wildman–Crippen MR) is 219 cm³/mol. The summed E-state index contributed by atoms with van der Waals surface area (Å²) in [4.78, 5) is 30.4. The first-order valence-electron chi connectivity index (χ1n) is 19.7. The van der Waals surface area contributed by atoms with Crippen molar-refractivity contribution < 1.29 is 34.4 Å². The number of phenols is 2. The van der Waals surface area contributed by atoms with Crippen molar-refractivity contribution in [2.75, 3.05) is 26.7 Å². The Morgan fingerprint density at radius 3 is 2.24 bits per heavy atom. The highest BCUT2D eigenvalue weighted by Crippen LogP contribution is 2.57. The minimum Gasteiger partial charge on any atom is -0.504 e. The first kappa shape index (κ1) is 45.1. The minimum atomic E-state index is -1.11. The van der Waals surface area contributed by atoms with E-state index in [1.807, 2.05) is 59.7 Å². The molecule has 2 bridgehead atoms. The lowest BCUT2D eigenvalue weighted by atomic mass is 9.59. The Kier molecular flexibility index (Phi) is 15.2. The van der Waals surface area contributed by atoms with E-state index in [4.69, 9.17) is 14.9 Å². The number of alkyl carbamates (subject to hydrolysis) is 1. The Balaban J connectivity index is 0.000000589. The van der Waals surface area contributed by atoms with Gasteiger partial charge in [0.15, 0.2) is 11.5 Å². The molecule has 3 aromatic rings. The van der Waals surface area contributed by atoms with Crippen LogP contribution in [0.25, 0.3) is 10.9 Å². The first-order chi connectivity index (χ1) is 25.7. The van der Waals surface area contributed by atoms with Crippen molar-refractivity contribution in [3.8, 4) is 11.5 Å². The highest BCUT2D eigenvalue weighted by Gasteiger charge is 2.64. The van der Waals surface area contributed by atoms with E-state index in [9.17, 15) is 24.9 Å². The van der Waals surface area contributed by atoms with Gasteiger partial charge in [0.2, 0.25) is 0 Å². The molecule has 55 heavy (non-hydrogen) atoms. The molecule has 0 saturated carbocycles. The number of hydrogen-bond donors (Lipinski definition) is 6. The zero-order valence-corrected chi connectivity index (χ0v) is 35.1. The zero-order valence-electron chi connectivity index (χ0n) is 35.1. The van der Waals surface area contributed by atoms with E-state index in [0.29, 0.717) is 31.5 Å². The van der Waals surface area contributed by atoms with Gasteiger partial charge in [0.05, 0.1) is 11.9 Å². The molecule has 5 rings (SSSR count). The topological polar surface area (TPSA) is 171 Å². The first-order valence-corrected chi connectivity index (χ1v) is 19.7. The second-order valence-corrected chi connectivity index (χ2v) is 16.8. The van der Waals surface area contributed by atoms with Gasteiger partial charge >= 0.3 is 12.2 Å². The van der Waals surface area contributed by atoms with Crippen LogP contribution in [-0.2, 0) is 27.7 Å². The number of unbranched alkanes of at least 4 members (excludes halogenated alkanes) is 4. The summed E-state index contributed by atoms with van der Waals surface area (Å²) < 4.78 is 10.2. The number of H-pyrrole nitrogens is 1. The summed E-state index contributed by atoms with van der Waals surface area (Å²) in [6.07, 6.45) is 6.18. The van der Waals surface area contributed by atoms with Crippen molar-refractivity contribution >= 4 is 29.4 Å². The minimum absolute atomic E-state index is 0.0869. The second-order valence-electron chi connectivity index (χ2n) is 16.8. The summed E-state index contributed by atoms with van der Waals surface area (Å²) in [5.74, 6) is -0.250. The molecule has 2 aliphatic rings. The molecule has 306 valence electrons. The summed E-state index contributed by atoms with van der Waals surface area (Å²) in [6, 6.07) is 11.6. The smallest absolute Gasteiger partial charge is 0.412 e. The van der Waals surface area contributed by atoms with Crippen molar-refractivity contribution in [1.82, 2.24) is 20.1 Å². The number of likely N-dealkylation sites (tertiary alicyclic amines) is 1. The Morgan fingerprint density at radius 1 is 1.00 bits per heavy atom. The van der Waals surface area contributed by atoms with Crippen LogP contribution in [0.15, 0.2) is 36.4 Å². The molecule has 1 aromatic heterocycles. The van der Waals surface area contributed by atoms with Crippen molar-refractivity contribution in [1.29, 1.82) is 5.41 Å². The van der Waals surface area contributed by atoms with E-state index in [2.05, 4.69) is 34.3 Å². The Labute approximate surface area is 328 Å². The molecule has 12 heteroatoms. The fraction of sp³-hybridized carbons (Fsp3) is 0.605. The van der Waals surface area contributed by atoms with Crippen LogP contribution < -0.4 is 5.32 Å². The van der Waals surface area contributed by atoms with Crippen molar-refractivity contribution in [2.45, 2.75) is 142 Å². The monoisotopic (exact) mass is 766 g/mol. The Hall–Kier alpha value is -4.29. The number of aromatic nitrogens is 1. The summed E-state index contributed by atoms with van der Waals surface area (Å²) in [6.45, 7) is 21.1. The molecular weight excluding hydrogens is 699 g/mol. The van der Waals surface area contributed by atoms with E-state index in [0.717, 1.165) is 72.7 Å². The number of benzene rings is 2. The number of aliphatic hydroxyl groups is 1. The maximum absolute atomic E-state index is 12.3. The number of aromatic hydroxyl groups is 2. The molecule has 1 fully saturated rings. The number of nitrogens with one attached hydrogen (secondary N) is 3. The maximum atomic E-state index is 12.3. The summed E-state index contributed by atoms with van der Waals surface area (Å²) in [7, 11) is 1.79. The van der Waals surface area contributed by atoms with E-state index in [1.54, 1.807) is 38.8 Å². The van der Waals surface area contributed by atoms with Gasteiger partial charge in [0, 0.05) is 60.2 Å². The van der Waals surface area contributed by atoms with E-state index < -0.39 is 28.3 Å². The second kappa shape index (κ2) is 18.6. The van der Waals surface area contributed by atoms with Crippen LogP contribution in [0.5, 0.6) is 11.5 Å². The molecule has 0 spiro atoms. The van der Waals surface area contributed by atoms with Crippen molar-refractivity contribution in [3.05, 3.63) is 58.8 Å². The van der Waals surface area contributed by atoms with Crippen LogP contribution in [0.4, 0.5) is 9.59 Å². The van der Waals surface area contributed by atoms with E-state index >= 15 is 0 Å². The molecular formula is C43H67N5O7. The number of phenolic OH excluding ortho intramolecular Hbond substituents is 2. The van der Waals surface area contributed by atoms with Crippen LogP contribution in [0.1, 0.15) is 117 Å². The number of carbonyl (C=O) groups excluding carboxylic acids is 2. The average Bonchev–Trinajstić information content (AvgIpc) is 3.43. The quantitative estimate of drug-likeness (QED) is 0.0490. The maximum Gasteiger partial charge on any atom is 0.412 e. The SMILES string of the molecule is CC.CC(C)(C)OC(=O)NC=N.Cc1c(CC23CN(CCCCCCCN(C)C(=O)OC(C)(C)C)C(Cc4ccc(O)c(O)c42)C3(C)O)[nH]c2ccccc12. The number of nitrogens with zero attached hydrogens (tertiary/aromatic N) is 2. The number of para-hydroxylation sites is 1. The summed E-state index contributed by atoms with van der Waals surface area (Å²) >= 11 is 0. The van der Waals surface area contributed by atoms with Crippen molar-refractivity contribution in [3.63, 3.8) is 0 Å². The lowest BCUT2D eigenvalue weighted by Gasteiger charge is -2.47. The number of rotatable bonds is 11. The molecule has 12 nitrogen and oxygen atoms in total. The molecule has 1 aliphatic heterocycles. The fourth-order valence-electron chi connectivity index (χ4n) is 7.85. The van der Waals surface area contributed by atoms with E-state index in [-0.39, 0.29) is 23.6 Å². The lowest BCUT2D eigenvalue weighted by Crippen LogP contribution is -2.57. The molecule has 3 atom stereocenters. The molecule has 2 heterocycles. The number of fused-ring (bicyclic) bond motifs is 5. The van der Waals surface area contributed by atoms with Gasteiger partial charge < -0.3 is 34.7 Å². The number of carbonyl (C=O) groups is 2. The third-order valence-corrected chi connectivity index (χ3v) is 10.4. The van der Waals surface area contributed by atoms with Gasteiger partial charge in [-0.2, -0.15) is 0 Å². The third kappa shape index (κ3) is 10.9. The molecule has 2 aromatic carbocycles. The van der Waals surface area contributed by atoms with Crippen LogP contribution in [-0.4, -0.2) is 98.2 Å². The molecule has 0 radical (unpaired) electrons. The Bertz CT molecular complexity index is 1760. The highest BCUT2D eigenvalue weighted by molar-refractivity contribution is 5.84. The molecule has 1 aliphatic carbocycles. The molecule has 2 amide bonds. The van der Waals surface area contributed by atoms with Crippen molar-refractivity contribution in [2.24, 2.45) is 0 Å². The molecule has 1 saturated heterocycles. The summed E-state index contributed by atoms with van der Waals surface area (Å²) in [5, 5.41) is 43.9. The van der Waals surface area contributed by atoms with Gasteiger partial charge in [-0.3, -0.25) is 15.6 Å².